The van der Waals surface area contributed by atoms with Crippen molar-refractivity contribution in [3.8, 4) is 11.1 Å². The average Bonchev–Trinajstić information content (AvgIpc) is 3.27. The Kier molecular flexibility index (Phi) is 10.2. The largest absolute Gasteiger partial charge is 0.480 e. The first-order valence-electron chi connectivity index (χ1n) is 13.2. The third-order valence-corrected chi connectivity index (χ3v) is 7.61. The molecule has 8 nitrogen and oxygen atoms in total. The fourth-order valence-electron chi connectivity index (χ4n) is 5.02. The lowest BCUT2D eigenvalue weighted by Crippen LogP contribution is -2.54. The number of thioether (sulfide) groups is 1. The standard InChI is InChI=1S/C31H35N3O5S/c1-34(18-21-10-4-3-5-11-21)19-28(30(36)37)32-29(35)27(16-17-40-2)33-31(38)39-20-26-24-14-8-6-12-22(24)23-13-7-9-15-25(23)26/h3-15,26-28H,16-20H2,1-2H3,(H,32,35)(H,33,38)(H,36,37). The number of carboxylic acids is 1. The van der Waals surface area contributed by atoms with E-state index in [0.717, 1.165) is 27.8 Å². The fourth-order valence-corrected chi connectivity index (χ4v) is 5.49. The molecule has 1 aliphatic rings. The van der Waals surface area contributed by atoms with Crippen LogP contribution in [0.2, 0.25) is 0 Å². The van der Waals surface area contributed by atoms with Crippen LogP contribution in [0.5, 0.6) is 0 Å². The van der Waals surface area contributed by atoms with E-state index in [-0.39, 0.29) is 19.1 Å². The van der Waals surface area contributed by atoms with Crippen LogP contribution in [-0.4, -0.2) is 72.3 Å². The van der Waals surface area contributed by atoms with E-state index in [4.69, 9.17) is 4.74 Å². The second-order valence-electron chi connectivity index (χ2n) is 9.89. The minimum absolute atomic E-state index is 0.104. The number of carboxylic acid groups (broad SMARTS) is 1. The third kappa shape index (κ3) is 7.43. The van der Waals surface area contributed by atoms with Crippen LogP contribution >= 0.6 is 11.8 Å². The number of carbonyl (C=O) groups is 3. The van der Waals surface area contributed by atoms with Gasteiger partial charge in [-0.3, -0.25) is 9.69 Å². The smallest absolute Gasteiger partial charge is 0.407 e. The number of likely N-dealkylation sites (N-methyl/N-ethyl adjacent to an activating group) is 1. The number of alkyl carbamates (subject to hydrolysis) is 1. The molecule has 3 N–H and O–H groups in total. The number of aliphatic carboxylic acids is 1. The number of fused-ring (bicyclic) bond motifs is 3. The van der Waals surface area contributed by atoms with Crippen LogP contribution in [0, 0.1) is 0 Å². The van der Waals surface area contributed by atoms with Gasteiger partial charge in [-0.25, -0.2) is 9.59 Å². The number of carbonyl (C=O) groups excluding carboxylic acids is 2. The van der Waals surface area contributed by atoms with Crippen LogP contribution in [-0.2, 0) is 20.9 Å². The van der Waals surface area contributed by atoms with Crippen LogP contribution in [0.3, 0.4) is 0 Å². The number of nitrogens with zero attached hydrogens (tertiary/aromatic N) is 1. The Morgan fingerprint density at radius 1 is 0.900 bits per heavy atom. The maximum Gasteiger partial charge on any atom is 0.407 e. The highest BCUT2D eigenvalue weighted by molar-refractivity contribution is 7.98. The van der Waals surface area contributed by atoms with E-state index >= 15 is 0 Å². The van der Waals surface area contributed by atoms with E-state index < -0.39 is 30.1 Å². The van der Waals surface area contributed by atoms with E-state index in [1.165, 1.54) is 11.8 Å². The van der Waals surface area contributed by atoms with Gasteiger partial charge in [-0.05, 0) is 53.3 Å². The number of rotatable bonds is 13. The Morgan fingerprint density at radius 2 is 1.50 bits per heavy atom. The highest BCUT2D eigenvalue weighted by Crippen LogP contribution is 2.44. The zero-order chi connectivity index (χ0) is 28.5. The molecule has 9 heteroatoms. The van der Waals surface area contributed by atoms with Crippen LogP contribution < -0.4 is 10.6 Å². The summed E-state index contributed by atoms with van der Waals surface area (Å²) >= 11 is 1.53. The Bertz CT molecular complexity index is 1270. The molecule has 2 atom stereocenters. The highest BCUT2D eigenvalue weighted by Gasteiger charge is 2.31. The van der Waals surface area contributed by atoms with Gasteiger partial charge in [0.1, 0.15) is 18.7 Å². The second-order valence-corrected chi connectivity index (χ2v) is 10.9. The SMILES string of the molecule is CSCCC(NC(=O)OCC1c2ccccc2-c2ccccc21)C(=O)NC(CN(C)Cc1ccccc1)C(=O)O. The van der Waals surface area contributed by atoms with Gasteiger partial charge in [0.15, 0.2) is 0 Å². The molecule has 40 heavy (non-hydrogen) atoms. The van der Waals surface area contributed by atoms with Crippen LogP contribution in [0.1, 0.15) is 29.0 Å². The highest BCUT2D eigenvalue weighted by atomic mass is 32.2. The Labute approximate surface area is 239 Å². The predicted molar refractivity (Wildman–Crippen MR) is 157 cm³/mol. The van der Waals surface area contributed by atoms with Crippen molar-refractivity contribution in [2.24, 2.45) is 0 Å². The molecule has 0 radical (unpaired) electrons. The molecule has 3 aromatic rings. The second kappa shape index (κ2) is 14.0. The minimum Gasteiger partial charge on any atom is -0.480 e. The van der Waals surface area contributed by atoms with Crippen LogP contribution in [0.15, 0.2) is 78.9 Å². The van der Waals surface area contributed by atoms with Crippen molar-refractivity contribution in [2.45, 2.75) is 31.0 Å². The van der Waals surface area contributed by atoms with Gasteiger partial charge in [0, 0.05) is 19.0 Å². The monoisotopic (exact) mass is 561 g/mol. The molecule has 2 unspecified atom stereocenters. The first kappa shape index (κ1) is 29.2. The normalized spacial score (nSPS) is 13.7. The Morgan fingerprint density at radius 3 is 2.10 bits per heavy atom. The number of hydrogen-bond donors (Lipinski definition) is 3. The van der Waals surface area contributed by atoms with E-state index in [2.05, 4.69) is 22.8 Å². The zero-order valence-corrected chi connectivity index (χ0v) is 23.5. The number of hydrogen-bond acceptors (Lipinski definition) is 6. The van der Waals surface area contributed by atoms with Gasteiger partial charge in [0.2, 0.25) is 5.91 Å². The number of benzene rings is 3. The van der Waals surface area contributed by atoms with Crippen molar-refractivity contribution in [3.05, 3.63) is 95.6 Å². The number of ether oxygens (including phenoxy) is 1. The summed E-state index contributed by atoms with van der Waals surface area (Å²) in [5.74, 6) is -1.19. The maximum absolute atomic E-state index is 13.2. The van der Waals surface area contributed by atoms with Crippen LogP contribution in [0.4, 0.5) is 4.79 Å². The van der Waals surface area contributed by atoms with Crippen molar-refractivity contribution in [1.29, 1.82) is 0 Å². The zero-order valence-electron chi connectivity index (χ0n) is 22.7. The lowest BCUT2D eigenvalue weighted by atomic mass is 9.98. The lowest BCUT2D eigenvalue weighted by molar-refractivity contribution is -0.142. The van der Waals surface area contributed by atoms with E-state index in [9.17, 15) is 19.5 Å². The average molecular weight is 562 g/mol. The topological polar surface area (TPSA) is 108 Å². The van der Waals surface area contributed by atoms with E-state index in [1.807, 2.05) is 77.9 Å². The molecule has 3 aromatic carbocycles. The molecule has 0 saturated heterocycles. The van der Waals surface area contributed by atoms with Crippen molar-refractivity contribution >= 4 is 29.7 Å². The molecule has 2 amide bonds. The fraction of sp³-hybridized carbons (Fsp3) is 0.323. The van der Waals surface area contributed by atoms with Crippen LogP contribution in [0.25, 0.3) is 11.1 Å². The van der Waals surface area contributed by atoms with Crippen molar-refractivity contribution in [3.63, 3.8) is 0 Å². The lowest BCUT2D eigenvalue weighted by Gasteiger charge is -2.25. The summed E-state index contributed by atoms with van der Waals surface area (Å²) in [5.41, 5.74) is 5.48. The van der Waals surface area contributed by atoms with Gasteiger partial charge in [-0.1, -0.05) is 78.9 Å². The molecular weight excluding hydrogens is 526 g/mol. The molecule has 0 aliphatic heterocycles. The van der Waals surface area contributed by atoms with Crippen molar-refractivity contribution < 1.29 is 24.2 Å². The molecule has 0 fully saturated rings. The molecule has 0 aromatic heterocycles. The molecule has 0 heterocycles. The van der Waals surface area contributed by atoms with Crippen molar-refractivity contribution in [1.82, 2.24) is 15.5 Å². The van der Waals surface area contributed by atoms with E-state index in [1.54, 1.807) is 7.05 Å². The number of amides is 2. The van der Waals surface area contributed by atoms with Gasteiger partial charge in [0.05, 0.1) is 0 Å². The van der Waals surface area contributed by atoms with Gasteiger partial charge < -0.3 is 20.5 Å². The summed E-state index contributed by atoms with van der Waals surface area (Å²) in [7, 11) is 1.80. The molecule has 1 aliphatic carbocycles. The summed E-state index contributed by atoms with van der Waals surface area (Å²) in [6.07, 6.45) is 1.53. The van der Waals surface area contributed by atoms with Gasteiger partial charge in [0.25, 0.3) is 0 Å². The first-order valence-corrected chi connectivity index (χ1v) is 14.6. The van der Waals surface area contributed by atoms with Gasteiger partial charge >= 0.3 is 12.1 Å². The molecule has 0 bridgehead atoms. The summed E-state index contributed by atoms with van der Waals surface area (Å²) < 4.78 is 5.62. The Hall–Kier alpha value is -3.82. The Balaban J connectivity index is 1.36. The summed E-state index contributed by atoms with van der Waals surface area (Å²) in [6, 6.07) is 23.7. The molecule has 4 rings (SSSR count). The maximum atomic E-state index is 13.2. The summed E-state index contributed by atoms with van der Waals surface area (Å²) in [6.45, 7) is 0.767. The van der Waals surface area contributed by atoms with Gasteiger partial charge in [-0.15, -0.1) is 0 Å². The molecule has 0 spiro atoms. The van der Waals surface area contributed by atoms with Crippen molar-refractivity contribution in [2.75, 3.05) is 32.2 Å². The predicted octanol–water partition coefficient (Wildman–Crippen LogP) is 4.35. The summed E-state index contributed by atoms with van der Waals surface area (Å²) in [4.78, 5) is 39.8. The third-order valence-electron chi connectivity index (χ3n) is 6.97. The minimum atomic E-state index is -1.14. The summed E-state index contributed by atoms with van der Waals surface area (Å²) in [5, 5.41) is 15.1. The van der Waals surface area contributed by atoms with Gasteiger partial charge in [-0.2, -0.15) is 11.8 Å². The molecular formula is C31H35N3O5S. The quantitative estimate of drug-likeness (QED) is 0.285. The number of nitrogens with one attached hydrogen (secondary N) is 2. The first-order chi connectivity index (χ1) is 19.4. The molecule has 210 valence electrons. The molecule has 0 saturated carbocycles. The van der Waals surface area contributed by atoms with E-state index in [0.29, 0.717) is 18.7 Å².